The number of fused-ring (bicyclic) bond motifs is 1. The number of rotatable bonds is 1. The normalized spacial score (nSPS) is 20.5. The molecule has 0 bridgehead atoms. The number of allylic oxidation sites excluding steroid dienone is 4. The van der Waals surface area contributed by atoms with Crippen LogP contribution in [0.1, 0.15) is 43.6 Å². The zero-order valence-electron chi connectivity index (χ0n) is 9.18. The van der Waals surface area contributed by atoms with Gasteiger partial charge in [-0.3, -0.25) is 0 Å². The van der Waals surface area contributed by atoms with Crippen LogP contribution in [0.15, 0.2) is 33.8 Å². The average molecular weight is 200 g/mol. The molecule has 1 aromatic rings. The molecule has 0 radical (unpaired) electrons. The van der Waals surface area contributed by atoms with Gasteiger partial charge in [-0.15, -0.1) is 0 Å². The van der Waals surface area contributed by atoms with Crippen LogP contribution in [0.2, 0.25) is 0 Å². The molecule has 1 nitrogen and oxygen atoms in total. The van der Waals surface area contributed by atoms with Crippen molar-refractivity contribution in [3.05, 3.63) is 40.9 Å². The van der Waals surface area contributed by atoms with Gasteiger partial charge in [-0.25, -0.2) is 0 Å². The molecule has 1 heteroatoms. The minimum absolute atomic E-state index is 1.02. The Morgan fingerprint density at radius 2 is 2.00 bits per heavy atom. The molecule has 0 unspecified atom stereocenters. The third-order valence-electron chi connectivity index (χ3n) is 3.46. The van der Waals surface area contributed by atoms with Gasteiger partial charge in [0.25, 0.3) is 0 Å². The Kier molecular flexibility index (Phi) is 2.05. The molecular weight excluding hydrogens is 184 g/mol. The van der Waals surface area contributed by atoms with E-state index in [1.54, 1.807) is 11.1 Å². The second kappa shape index (κ2) is 3.41. The van der Waals surface area contributed by atoms with Crippen LogP contribution in [-0.2, 0) is 0 Å². The minimum atomic E-state index is 1.02. The molecule has 78 valence electrons. The molecule has 2 aliphatic carbocycles. The Morgan fingerprint density at radius 3 is 2.80 bits per heavy atom. The summed E-state index contributed by atoms with van der Waals surface area (Å²) in [7, 11) is 0. The van der Waals surface area contributed by atoms with Gasteiger partial charge in [0.2, 0.25) is 0 Å². The van der Waals surface area contributed by atoms with E-state index in [2.05, 4.69) is 18.2 Å². The summed E-state index contributed by atoms with van der Waals surface area (Å²) in [6.07, 6.45) is 8.65. The van der Waals surface area contributed by atoms with Crippen molar-refractivity contribution in [1.29, 1.82) is 0 Å². The van der Waals surface area contributed by atoms with Crippen molar-refractivity contribution in [3.63, 3.8) is 0 Å². The highest BCUT2D eigenvalue weighted by Gasteiger charge is 2.23. The first-order valence-electron chi connectivity index (χ1n) is 5.83. The topological polar surface area (TPSA) is 13.1 Å². The molecule has 0 aliphatic heterocycles. The molecule has 1 aromatic heterocycles. The van der Waals surface area contributed by atoms with Crippen LogP contribution in [0.25, 0.3) is 5.57 Å². The molecule has 0 spiro atoms. The first-order chi connectivity index (χ1) is 7.34. The fourth-order valence-corrected chi connectivity index (χ4v) is 2.72. The predicted molar refractivity (Wildman–Crippen MR) is 61.5 cm³/mol. The number of hydrogen-bond donors (Lipinski definition) is 0. The Bertz CT molecular complexity index is 446. The molecule has 0 fully saturated rings. The van der Waals surface area contributed by atoms with Crippen LogP contribution in [0.5, 0.6) is 0 Å². The minimum Gasteiger partial charge on any atom is -0.462 e. The van der Waals surface area contributed by atoms with Crippen molar-refractivity contribution >= 4 is 5.57 Å². The first-order valence-corrected chi connectivity index (χ1v) is 5.83. The van der Waals surface area contributed by atoms with Crippen molar-refractivity contribution < 1.29 is 4.42 Å². The number of aryl methyl sites for hydroxylation is 1. The van der Waals surface area contributed by atoms with Gasteiger partial charge in [0.15, 0.2) is 0 Å². The maximum absolute atomic E-state index is 5.73. The summed E-state index contributed by atoms with van der Waals surface area (Å²) in [4.78, 5) is 0. The van der Waals surface area contributed by atoms with E-state index in [0.717, 1.165) is 11.5 Å². The number of furan rings is 1. The lowest BCUT2D eigenvalue weighted by Gasteiger charge is -2.12. The lowest BCUT2D eigenvalue weighted by atomic mass is 9.94. The van der Waals surface area contributed by atoms with E-state index >= 15 is 0 Å². The molecule has 15 heavy (non-hydrogen) atoms. The van der Waals surface area contributed by atoms with Crippen molar-refractivity contribution in [1.82, 2.24) is 0 Å². The quantitative estimate of drug-likeness (QED) is 0.660. The van der Waals surface area contributed by atoms with Crippen LogP contribution in [0, 0.1) is 6.92 Å². The van der Waals surface area contributed by atoms with Crippen LogP contribution >= 0.6 is 0 Å². The highest BCUT2D eigenvalue weighted by molar-refractivity contribution is 5.73. The Balaban J connectivity index is 2.06. The van der Waals surface area contributed by atoms with E-state index in [1.165, 1.54) is 37.7 Å². The van der Waals surface area contributed by atoms with Crippen molar-refractivity contribution in [2.45, 2.75) is 39.0 Å². The molecule has 0 atom stereocenters. The summed E-state index contributed by atoms with van der Waals surface area (Å²) in [6.45, 7) is 2.02. The zero-order valence-corrected chi connectivity index (χ0v) is 9.18. The van der Waals surface area contributed by atoms with Crippen molar-refractivity contribution in [2.24, 2.45) is 0 Å². The molecule has 1 heterocycles. The Morgan fingerprint density at radius 1 is 1.07 bits per heavy atom. The largest absolute Gasteiger partial charge is 0.462 e. The van der Waals surface area contributed by atoms with Gasteiger partial charge in [-0.2, -0.15) is 0 Å². The maximum atomic E-state index is 5.73. The van der Waals surface area contributed by atoms with Crippen molar-refractivity contribution in [3.8, 4) is 0 Å². The maximum Gasteiger partial charge on any atom is 0.130 e. The zero-order chi connectivity index (χ0) is 10.3. The Hall–Kier alpha value is -1.24. The monoisotopic (exact) mass is 200 g/mol. The molecule has 0 saturated heterocycles. The summed E-state index contributed by atoms with van der Waals surface area (Å²) < 4.78 is 5.73. The number of hydrogen-bond acceptors (Lipinski definition) is 1. The second-order valence-electron chi connectivity index (χ2n) is 4.49. The summed E-state index contributed by atoms with van der Waals surface area (Å²) in [5.74, 6) is 2.12. The smallest absolute Gasteiger partial charge is 0.130 e. The van der Waals surface area contributed by atoms with Gasteiger partial charge in [0, 0.05) is 0 Å². The summed E-state index contributed by atoms with van der Waals surface area (Å²) in [6, 6.07) is 4.18. The lowest BCUT2D eigenvalue weighted by molar-refractivity contribution is 0.519. The van der Waals surface area contributed by atoms with E-state index < -0.39 is 0 Å². The highest BCUT2D eigenvalue weighted by atomic mass is 16.3. The van der Waals surface area contributed by atoms with E-state index in [9.17, 15) is 0 Å². The fourth-order valence-electron chi connectivity index (χ4n) is 2.72. The van der Waals surface area contributed by atoms with Crippen LogP contribution in [-0.4, -0.2) is 0 Å². The lowest BCUT2D eigenvalue weighted by Crippen LogP contribution is -1.92. The van der Waals surface area contributed by atoms with Crippen LogP contribution in [0.4, 0.5) is 0 Å². The predicted octanol–water partition coefficient (Wildman–Crippen LogP) is 4.25. The van der Waals surface area contributed by atoms with Crippen LogP contribution < -0.4 is 0 Å². The van der Waals surface area contributed by atoms with Gasteiger partial charge in [-0.1, -0.05) is 6.08 Å². The van der Waals surface area contributed by atoms with E-state index in [0.29, 0.717) is 0 Å². The van der Waals surface area contributed by atoms with E-state index in [4.69, 9.17) is 4.42 Å². The SMILES string of the molecule is Cc1ccc(C2=C3CCCC=C3CC2)o1. The molecule has 0 aromatic carbocycles. The highest BCUT2D eigenvalue weighted by Crippen LogP contribution is 2.42. The third kappa shape index (κ3) is 1.46. The summed E-state index contributed by atoms with van der Waals surface area (Å²) in [5, 5.41) is 0. The first kappa shape index (κ1) is 9.02. The van der Waals surface area contributed by atoms with E-state index in [1.807, 2.05) is 6.92 Å². The fraction of sp³-hybridized carbons (Fsp3) is 0.429. The molecule has 2 aliphatic rings. The Labute approximate surface area is 90.5 Å². The molecule has 0 amide bonds. The molecular formula is C14H16O. The van der Waals surface area contributed by atoms with Crippen molar-refractivity contribution in [2.75, 3.05) is 0 Å². The van der Waals surface area contributed by atoms with Gasteiger partial charge in [0.05, 0.1) is 0 Å². The van der Waals surface area contributed by atoms with Gasteiger partial charge in [0.1, 0.15) is 11.5 Å². The van der Waals surface area contributed by atoms with Gasteiger partial charge < -0.3 is 4.42 Å². The average Bonchev–Trinajstić information content (AvgIpc) is 2.83. The second-order valence-corrected chi connectivity index (χ2v) is 4.49. The summed E-state index contributed by atoms with van der Waals surface area (Å²) >= 11 is 0. The standard InChI is InChI=1S/C14H16O/c1-10-6-9-14(15-10)13-8-7-11-4-2-3-5-12(11)13/h4,6,9H,2-3,5,7-8H2,1H3. The third-order valence-corrected chi connectivity index (χ3v) is 3.46. The van der Waals surface area contributed by atoms with Gasteiger partial charge in [-0.05, 0) is 67.9 Å². The molecule has 3 rings (SSSR count). The van der Waals surface area contributed by atoms with Crippen LogP contribution in [0.3, 0.4) is 0 Å². The van der Waals surface area contributed by atoms with Gasteiger partial charge >= 0.3 is 0 Å². The molecule has 0 N–H and O–H groups in total. The molecule has 0 saturated carbocycles. The van der Waals surface area contributed by atoms with E-state index in [-0.39, 0.29) is 0 Å². The summed E-state index contributed by atoms with van der Waals surface area (Å²) in [5.41, 5.74) is 4.63.